The van der Waals surface area contributed by atoms with E-state index in [4.69, 9.17) is 4.42 Å². The highest BCUT2D eigenvalue weighted by atomic mass is 32.1. The number of nitrogens with zero attached hydrogens (tertiary/aromatic N) is 2. The van der Waals surface area contributed by atoms with Crippen molar-refractivity contribution in [3.8, 4) is 0 Å². The molecule has 0 N–H and O–H groups in total. The number of likely N-dealkylation sites (tertiary alicyclic amines) is 1. The minimum Gasteiger partial charge on any atom is -0.472 e. The highest BCUT2D eigenvalue weighted by Gasteiger charge is 2.47. The molecule has 4 rings (SSSR count). The van der Waals surface area contributed by atoms with Crippen molar-refractivity contribution >= 4 is 22.9 Å². The molecule has 0 bridgehead atoms. The third kappa shape index (κ3) is 1.89. The van der Waals surface area contributed by atoms with Crippen LogP contribution in [0, 0.1) is 0 Å². The number of hydrogen-bond acceptors (Lipinski definition) is 4. The quantitative estimate of drug-likeness (QED) is 0.871. The van der Waals surface area contributed by atoms with Gasteiger partial charge in [-0.3, -0.25) is 9.69 Å². The van der Waals surface area contributed by atoms with Gasteiger partial charge in [-0.2, -0.15) is 11.3 Å². The summed E-state index contributed by atoms with van der Waals surface area (Å²) in [6.07, 6.45) is 5.20. The number of furan rings is 1. The first kappa shape index (κ1) is 12.2. The van der Waals surface area contributed by atoms with Gasteiger partial charge in [-0.25, -0.2) is 0 Å². The van der Waals surface area contributed by atoms with E-state index in [1.165, 1.54) is 5.56 Å². The van der Waals surface area contributed by atoms with Crippen LogP contribution in [-0.2, 0) is 11.3 Å². The van der Waals surface area contributed by atoms with Crippen LogP contribution in [0.3, 0.4) is 0 Å². The Morgan fingerprint density at radius 1 is 1.35 bits per heavy atom. The van der Waals surface area contributed by atoms with Crippen molar-refractivity contribution in [2.24, 2.45) is 0 Å². The third-order valence-electron chi connectivity index (χ3n) is 4.36. The Hall–Kier alpha value is -1.59. The van der Waals surface area contributed by atoms with Crippen molar-refractivity contribution < 1.29 is 9.21 Å². The second-order valence-corrected chi connectivity index (χ2v) is 6.25. The van der Waals surface area contributed by atoms with Crippen LogP contribution >= 0.6 is 11.3 Å². The van der Waals surface area contributed by atoms with Crippen LogP contribution in [0.5, 0.6) is 0 Å². The molecule has 4 nitrogen and oxygen atoms in total. The molecule has 104 valence electrons. The Morgan fingerprint density at radius 2 is 2.30 bits per heavy atom. The Morgan fingerprint density at radius 3 is 3.05 bits per heavy atom. The molecule has 4 heterocycles. The Labute approximate surface area is 121 Å². The monoisotopic (exact) mass is 288 g/mol. The summed E-state index contributed by atoms with van der Waals surface area (Å²) in [7, 11) is 0. The molecule has 2 aromatic rings. The maximum Gasteiger partial charge on any atom is 0.228 e. The van der Waals surface area contributed by atoms with Crippen molar-refractivity contribution in [3.63, 3.8) is 0 Å². The van der Waals surface area contributed by atoms with Crippen LogP contribution in [0.1, 0.15) is 18.4 Å². The summed E-state index contributed by atoms with van der Waals surface area (Å²) in [6, 6.07) is 4.73. The van der Waals surface area contributed by atoms with Crippen LogP contribution in [0.15, 0.2) is 39.8 Å². The Bertz CT molecular complexity index is 593. The predicted octanol–water partition coefficient (Wildman–Crippen LogP) is 2.72. The van der Waals surface area contributed by atoms with Crippen LogP contribution in [-0.4, -0.2) is 29.4 Å². The van der Waals surface area contributed by atoms with Gasteiger partial charge in [-0.15, -0.1) is 0 Å². The summed E-state index contributed by atoms with van der Waals surface area (Å²) >= 11 is 1.65. The van der Waals surface area contributed by atoms with Gasteiger partial charge in [0.15, 0.2) is 0 Å². The van der Waals surface area contributed by atoms with Crippen LogP contribution in [0.2, 0.25) is 0 Å². The lowest BCUT2D eigenvalue weighted by molar-refractivity contribution is -0.117. The van der Waals surface area contributed by atoms with Crippen molar-refractivity contribution in [2.75, 3.05) is 11.4 Å². The summed E-state index contributed by atoms with van der Waals surface area (Å²) < 4.78 is 5.13. The molecule has 2 aromatic heterocycles. The van der Waals surface area contributed by atoms with Gasteiger partial charge >= 0.3 is 0 Å². The molecule has 5 heteroatoms. The molecule has 2 atom stereocenters. The summed E-state index contributed by atoms with van der Waals surface area (Å²) in [6.45, 7) is 1.93. The van der Waals surface area contributed by atoms with Crippen molar-refractivity contribution in [1.29, 1.82) is 0 Å². The number of carbonyl (C=O) groups excluding carboxylic acids is 1. The van der Waals surface area contributed by atoms with Crippen molar-refractivity contribution in [2.45, 2.75) is 31.5 Å². The molecule has 20 heavy (non-hydrogen) atoms. The molecule has 0 aliphatic carbocycles. The van der Waals surface area contributed by atoms with E-state index in [-0.39, 0.29) is 5.91 Å². The minimum absolute atomic E-state index is 0.260. The summed E-state index contributed by atoms with van der Waals surface area (Å²) in [5.41, 5.74) is 2.25. The molecular formula is C15H16N2O2S. The van der Waals surface area contributed by atoms with Gasteiger partial charge < -0.3 is 9.32 Å². The van der Waals surface area contributed by atoms with Gasteiger partial charge in [0.1, 0.15) is 0 Å². The van der Waals surface area contributed by atoms with Gasteiger partial charge in [0.05, 0.1) is 24.3 Å². The molecule has 2 aliphatic rings. The highest BCUT2D eigenvalue weighted by Crippen LogP contribution is 2.37. The number of thiophene rings is 1. The number of anilines is 1. The Balaban J connectivity index is 1.55. The molecule has 0 unspecified atom stereocenters. The maximum absolute atomic E-state index is 12.3. The molecule has 0 radical (unpaired) electrons. The van der Waals surface area contributed by atoms with E-state index in [2.05, 4.69) is 10.3 Å². The number of carbonyl (C=O) groups is 1. The number of amides is 1. The van der Waals surface area contributed by atoms with E-state index in [0.29, 0.717) is 18.5 Å². The molecule has 0 aromatic carbocycles. The number of fused-ring (bicyclic) bond motifs is 1. The maximum atomic E-state index is 12.3. The molecule has 0 spiro atoms. The zero-order chi connectivity index (χ0) is 13.5. The van der Waals surface area contributed by atoms with Crippen LogP contribution in [0.4, 0.5) is 5.69 Å². The van der Waals surface area contributed by atoms with Gasteiger partial charge in [0, 0.05) is 36.5 Å². The minimum atomic E-state index is 0.260. The second kappa shape index (κ2) is 4.75. The molecule has 2 saturated heterocycles. The predicted molar refractivity (Wildman–Crippen MR) is 77.7 cm³/mol. The molecular weight excluding hydrogens is 272 g/mol. The lowest BCUT2D eigenvalue weighted by atomic mass is 10.1. The fraction of sp³-hybridized carbons (Fsp3) is 0.400. The van der Waals surface area contributed by atoms with Crippen molar-refractivity contribution in [3.05, 3.63) is 41.0 Å². The smallest absolute Gasteiger partial charge is 0.228 e. The summed E-state index contributed by atoms with van der Waals surface area (Å²) in [4.78, 5) is 16.7. The van der Waals surface area contributed by atoms with Gasteiger partial charge in [-0.1, -0.05) is 0 Å². The van der Waals surface area contributed by atoms with Gasteiger partial charge in [-0.05, 0) is 23.9 Å². The van der Waals surface area contributed by atoms with Crippen molar-refractivity contribution in [1.82, 2.24) is 4.90 Å². The van der Waals surface area contributed by atoms with E-state index < -0.39 is 0 Å². The summed E-state index contributed by atoms with van der Waals surface area (Å²) in [5, 5.41) is 4.10. The lowest BCUT2D eigenvalue weighted by Gasteiger charge is -2.24. The van der Waals surface area contributed by atoms with Gasteiger partial charge in [0.25, 0.3) is 0 Å². The molecule has 2 aliphatic heterocycles. The SMILES string of the molecule is O=C1C[C@H]2[C@@H](CCN2Cc2ccoc2)N1c1ccsc1. The van der Waals surface area contributed by atoms with Crippen LogP contribution < -0.4 is 4.90 Å². The van der Waals surface area contributed by atoms with E-state index in [1.54, 1.807) is 23.9 Å². The fourth-order valence-electron chi connectivity index (χ4n) is 3.47. The first-order valence-electron chi connectivity index (χ1n) is 6.92. The van der Waals surface area contributed by atoms with E-state index in [9.17, 15) is 4.79 Å². The standard InChI is InChI=1S/C15H16N2O2S/c18-15-7-14-13(17(15)12-3-6-20-10-12)1-4-16(14)8-11-2-5-19-9-11/h2-3,5-6,9-10,13-14H,1,4,7-8H2/t13-,14+/m1/s1. The lowest BCUT2D eigenvalue weighted by Crippen LogP contribution is -2.36. The van der Waals surface area contributed by atoms with E-state index in [0.717, 1.165) is 25.2 Å². The van der Waals surface area contributed by atoms with Gasteiger partial charge in [0.2, 0.25) is 5.91 Å². The average molecular weight is 288 g/mol. The zero-order valence-corrected chi connectivity index (χ0v) is 11.9. The number of rotatable bonds is 3. The zero-order valence-electron chi connectivity index (χ0n) is 11.1. The molecule has 1 amide bonds. The first-order chi connectivity index (χ1) is 9.83. The average Bonchev–Trinajstić information content (AvgIpc) is 3.16. The largest absolute Gasteiger partial charge is 0.472 e. The Kier molecular flexibility index (Phi) is 2.89. The van der Waals surface area contributed by atoms with Crippen LogP contribution in [0.25, 0.3) is 0 Å². The topological polar surface area (TPSA) is 36.7 Å². The third-order valence-corrected chi connectivity index (χ3v) is 5.03. The summed E-state index contributed by atoms with van der Waals surface area (Å²) in [5.74, 6) is 0.260. The number of hydrogen-bond donors (Lipinski definition) is 0. The van der Waals surface area contributed by atoms with E-state index in [1.807, 2.05) is 22.4 Å². The highest BCUT2D eigenvalue weighted by molar-refractivity contribution is 7.08. The second-order valence-electron chi connectivity index (χ2n) is 5.47. The molecule has 2 fully saturated rings. The first-order valence-corrected chi connectivity index (χ1v) is 7.86. The molecule has 0 saturated carbocycles. The van der Waals surface area contributed by atoms with E-state index >= 15 is 0 Å². The normalized spacial score (nSPS) is 26.4. The fourth-order valence-corrected chi connectivity index (χ4v) is 4.10.